The van der Waals surface area contributed by atoms with Gasteiger partial charge in [0.2, 0.25) is 5.91 Å². The SMILES string of the molecule is Cc1cccc(C)c1NC(=O)CN1CCN(CC(COc2ccccc2O)OC(=O)c2ccccc2OC(=O)c2ccccc2O)CC1. The van der Waals surface area contributed by atoms with Crippen molar-refractivity contribution >= 4 is 23.5 Å². The average molecular weight is 654 g/mol. The molecule has 0 aromatic heterocycles. The summed E-state index contributed by atoms with van der Waals surface area (Å²) in [6.07, 6.45) is -0.766. The molecule has 0 spiro atoms. The van der Waals surface area contributed by atoms with E-state index in [1.807, 2.05) is 32.0 Å². The Morgan fingerprint density at radius 3 is 1.96 bits per heavy atom. The molecule has 11 heteroatoms. The molecular formula is C37H39N3O8. The van der Waals surface area contributed by atoms with Crippen molar-refractivity contribution in [1.29, 1.82) is 0 Å². The number of hydrogen-bond acceptors (Lipinski definition) is 10. The third kappa shape index (κ3) is 8.90. The van der Waals surface area contributed by atoms with Gasteiger partial charge in [0, 0.05) is 38.4 Å². The van der Waals surface area contributed by atoms with Gasteiger partial charge in [-0.3, -0.25) is 14.6 Å². The first-order valence-corrected chi connectivity index (χ1v) is 15.7. The number of phenols is 2. The number of piperazine rings is 1. The normalized spacial score (nSPS) is 14.1. The van der Waals surface area contributed by atoms with Crippen molar-refractivity contribution in [2.45, 2.75) is 20.0 Å². The monoisotopic (exact) mass is 653 g/mol. The molecule has 11 nitrogen and oxygen atoms in total. The lowest BCUT2D eigenvalue weighted by Crippen LogP contribution is -2.51. The summed E-state index contributed by atoms with van der Waals surface area (Å²) in [5, 5.41) is 23.3. The molecule has 1 aliphatic rings. The summed E-state index contributed by atoms with van der Waals surface area (Å²) in [5.74, 6) is -1.70. The highest BCUT2D eigenvalue weighted by Crippen LogP contribution is 2.26. The molecule has 0 bridgehead atoms. The van der Waals surface area contributed by atoms with Gasteiger partial charge in [0.05, 0.1) is 6.54 Å². The van der Waals surface area contributed by atoms with Crippen LogP contribution in [0.15, 0.2) is 91.0 Å². The van der Waals surface area contributed by atoms with E-state index in [1.165, 1.54) is 30.3 Å². The van der Waals surface area contributed by atoms with Gasteiger partial charge in [-0.1, -0.05) is 54.6 Å². The zero-order chi connectivity index (χ0) is 34.0. The minimum atomic E-state index is -0.826. The zero-order valence-electron chi connectivity index (χ0n) is 26.9. The second-order valence-corrected chi connectivity index (χ2v) is 11.6. The average Bonchev–Trinajstić information content (AvgIpc) is 3.07. The van der Waals surface area contributed by atoms with E-state index in [4.69, 9.17) is 14.2 Å². The van der Waals surface area contributed by atoms with Crippen LogP contribution in [0.4, 0.5) is 5.69 Å². The molecule has 1 heterocycles. The molecule has 4 aromatic carbocycles. The van der Waals surface area contributed by atoms with E-state index in [1.54, 1.807) is 42.5 Å². The summed E-state index contributed by atoms with van der Waals surface area (Å²) < 4.78 is 17.3. The van der Waals surface area contributed by atoms with Crippen LogP contribution in [0.1, 0.15) is 31.8 Å². The Labute approximate surface area is 279 Å². The molecule has 0 radical (unpaired) electrons. The van der Waals surface area contributed by atoms with Crippen molar-refractivity contribution in [3.05, 3.63) is 113 Å². The number of amides is 1. The number of benzene rings is 4. The largest absolute Gasteiger partial charge is 0.507 e. The van der Waals surface area contributed by atoms with Gasteiger partial charge in [-0.2, -0.15) is 0 Å². The molecular weight excluding hydrogens is 614 g/mol. The van der Waals surface area contributed by atoms with Crippen molar-refractivity contribution in [1.82, 2.24) is 9.80 Å². The summed E-state index contributed by atoms with van der Waals surface area (Å²) in [4.78, 5) is 43.3. The molecule has 48 heavy (non-hydrogen) atoms. The minimum Gasteiger partial charge on any atom is -0.507 e. The predicted octanol–water partition coefficient (Wildman–Crippen LogP) is 4.79. The number of para-hydroxylation sites is 5. The van der Waals surface area contributed by atoms with Crippen LogP contribution in [0, 0.1) is 13.8 Å². The van der Waals surface area contributed by atoms with Crippen LogP contribution in [0.3, 0.4) is 0 Å². The van der Waals surface area contributed by atoms with Gasteiger partial charge in [-0.05, 0) is 61.4 Å². The number of carbonyl (C=O) groups excluding carboxylic acids is 3. The van der Waals surface area contributed by atoms with Crippen LogP contribution in [0.25, 0.3) is 0 Å². The van der Waals surface area contributed by atoms with Gasteiger partial charge in [-0.25, -0.2) is 9.59 Å². The number of rotatable bonds is 12. The quantitative estimate of drug-likeness (QED) is 0.145. The highest BCUT2D eigenvalue weighted by molar-refractivity contribution is 5.97. The molecule has 1 unspecified atom stereocenters. The molecule has 3 N–H and O–H groups in total. The van der Waals surface area contributed by atoms with Gasteiger partial charge in [0.25, 0.3) is 0 Å². The second kappa shape index (κ2) is 15.9. The van der Waals surface area contributed by atoms with Crippen molar-refractivity contribution in [2.24, 2.45) is 0 Å². The predicted molar refractivity (Wildman–Crippen MR) is 180 cm³/mol. The molecule has 1 fully saturated rings. The molecule has 1 amide bonds. The number of ether oxygens (including phenoxy) is 3. The van der Waals surface area contributed by atoms with E-state index in [-0.39, 0.29) is 53.2 Å². The van der Waals surface area contributed by atoms with Crippen molar-refractivity contribution in [2.75, 3.05) is 51.2 Å². The summed E-state index contributed by atoms with van der Waals surface area (Å²) in [5.41, 5.74) is 2.84. The first-order valence-electron chi connectivity index (χ1n) is 15.7. The third-order valence-corrected chi connectivity index (χ3v) is 8.04. The summed E-state index contributed by atoms with van der Waals surface area (Å²) in [6, 6.07) is 24.6. The van der Waals surface area contributed by atoms with E-state index in [0.29, 0.717) is 32.7 Å². The lowest BCUT2D eigenvalue weighted by Gasteiger charge is -2.36. The molecule has 250 valence electrons. The van der Waals surface area contributed by atoms with E-state index >= 15 is 0 Å². The van der Waals surface area contributed by atoms with Gasteiger partial charge >= 0.3 is 11.9 Å². The number of nitrogens with one attached hydrogen (secondary N) is 1. The number of carbonyl (C=O) groups is 3. The van der Waals surface area contributed by atoms with E-state index in [9.17, 15) is 24.6 Å². The van der Waals surface area contributed by atoms with Crippen molar-refractivity contribution < 1.29 is 38.8 Å². The Kier molecular flexibility index (Phi) is 11.3. The van der Waals surface area contributed by atoms with E-state index in [0.717, 1.165) is 16.8 Å². The number of nitrogens with zero attached hydrogens (tertiary/aromatic N) is 2. The number of hydrogen-bond donors (Lipinski definition) is 3. The lowest BCUT2D eigenvalue weighted by molar-refractivity contribution is -0.117. The zero-order valence-corrected chi connectivity index (χ0v) is 26.9. The first kappa shape index (κ1) is 34.0. The van der Waals surface area contributed by atoms with Crippen molar-refractivity contribution in [3.63, 3.8) is 0 Å². The molecule has 1 aliphatic heterocycles. The molecule has 0 saturated carbocycles. The molecule has 0 aliphatic carbocycles. The van der Waals surface area contributed by atoms with Gasteiger partial charge in [0.15, 0.2) is 11.5 Å². The lowest BCUT2D eigenvalue weighted by atomic mass is 10.1. The molecule has 4 aromatic rings. The van der Waals surface area contributed by atoms with Crippen LogP contribution < -0.4 is 14.8 Å². The Bertz CT molecular complexity index is 1730. The van der Waals surface area contributed by atoms with Crippen LogP contribution >= 0.6 is 0 Å². The van der Waals surface area contributed by atoms with E-state index < -0.39 is 18.0 Å². The van der Waals surface area contributed by atoms with Crippen molar-refractivity contribution in [3.8, 4) is 23.0 Å². The van der Waals surface area contributed by atoms with Gasteiger partial charge < -0.3 is 29.7 Å². The second-order valence-electron chi connectivity index (χ2n) is 11.6. The third-order valence-electron chi connectivity index (χ3n) is 8.04. The number of aromatic hydroxyl groups is 2. The number of phenolic OH excluding ortho intramolecular Hbond substituents is 2. The highest BCUT2D eigenvalue weighted by atomic mass is 16.6. The van der Waals surface area contributed by atoms with Crippen LogP contribution in [0.2, 0.25) is 0 Å². The maximum atomic E-state index is 13.5. The molecule has 1 atom stereocenters. The smallest absolute Gasteiger partial charge is 0.347 e. The fraction of sp³-hybridized carbons (Fsp3) is 0.270. The van der Waals surface area contributed by atoms with Gasteiger partial charge in [0.1, 0.15) is 35.3 Å². The van der Waals surface area contributed by atoms with E-state index in [2.05, 4.69) is 15.1 Å². The molecule has 1 saturated heterocycles. The Hall–Kier alpha value is -5.39. The van der Waals surface area contributed by atoms with Crippen LogP contribution in [-0.4, -0.2) is 89.8 Å². The van der Waals surface area contributed by atoms with Crippen LogP contribution in [0.5, 0.6) is 23.0 Å². The highest BCUT2D eigenvalue weighted by Gasteiger charge is 2.27. The number of aryl methyl sites for hydroxylation is 2. The summed E-state index contributed by atoms with van der Waals surface area (Å²) >= 11 is 0. The number of anilines is 1. The minimum absolute atomic E-state index is 0.0218. The summed E-state index contributed by atoms with van der Waals surface area (Å²) in [7, 11) is 0. The van der Waals surface area contributed by atoms with Gasteiger partial charge in [-0.15, -0.1) is 0 Å². The fourth-order valence-electron chi connectivity index (χ4n) is 5.44. The Balaban J connectivity index is 1.22. The maximum absolute atomic E-state index is 13.5. The summed E-state index contributed by atoms with van der Waals surface area (Å²) in [6.45, 7) is 6.96. The standard InChI is InChI=1S/C37H39N3O8/c1-25-10-9-11-26(2)35(25)38-34(43)23-40-20-18-39(19-21-40)22-27(24-46-33-17-8-6-15-31(33)42)47-37(45)29-13-4-7-16-32(29)48-36(44)28-12-3-5-14-30(28)41/h3-17,27,41-42H,18-24H2,1-2H3,(H,38,43). The topological polar surface area (TPSA) is 138 Å². The van der Waals surface area contributed by atoms with Crippen LogP contribution in [-0.2, 0) is 9.53 Å². The first-order chi connectivity index (χ1) is 23.2. The Morgan fingerprint density at radius 2 is 1.29 bits per heavy atom. The fourth-order valence-corrected chi connectivity index (χ4v) is 5.44. The maximum Gasteiger partial charge on any atom is 0.347 e. The Morgan fingerprint density at radius 1 is 0.708 bits per heavy atom. The molecule has 5 rings (SSSR count). The number of esters is 2.